The van der Waals surface area contributed by atoms with E-state index in [2.05, 4.69) is 4.98 Å². The van der Waals surface area contributed by atoms with Crippen molar-refractivity contribution in [1.82, 2.24) is 14.0 Å². The molecule has 3 aromatic heterocycles. The van der Waals surface area contributed by atoms with Gasteiger partial charge in [-0.3, -0.25) is 9.20 Å². The molecule has 0 aliphatic carbocycles. The summed E-state index contributed by atoms with van der Waals surface area (Å²) in [6.45, 7) is 0.335. The summed E-state index contributed by atoms with van der Waals surface area (Å²) in [4.78, 5) is 28.8. The molecule has 4 aromatic rings. The highest BCUT2D eigenvalue weighted by atomic mass is 16.4. The number of hydrogen-bond donors (Lipinski definition) is 1. The summed E-state index contributed by atoms with van der Waals surface area (Å²) in [5, 5.41) is 9.81. The zero-order chi connectivity index (χ0) is 16.7. The van der Waals surface area contributed by atoms with Crippen LogP contribution in [0.25, 0.3) is 16.7 Å². The van der Waals surface area contributed by atoms with Crippen LogP contribution in [0.1, 0.15) is 16.1 Å². The number of carboxylic acid groups (broad SMARTS) is 1. The van der Waals surface area contributed by atoms with Crippen molar-refractivity contribution in [3.8, 4) is 0 Å². The van der Waals surface area contributed by atoms with Crippen molar-refractivity contribution in [3.63, 3.8) is 0 Å². The normalized spacial score (nSPS) is 11.2. The fraction of sp³-hybridized carbons (Fsp3) is 0.0556. The smallest absolute Gasteiger partial charge is 0.352 e. The molecule has 0 unspecified atom stereocenters. The maximum atomic E-state index is 12.6. The van der Waals surface area contributed by atoms with Crippen LogP contribution in [0, 0.1) is 0 Å². The lowest BCUT2D eigenvalue weighted by Gasteiger charge is -2.08. The number of carboxylic acids is 1. The first-order valence-electron chi connectivity index (χ1n) is 7.43. The molecule has 0 spiro atoms. The molecule has 1 N–H and O–H groups in total. The first kappa shape index (κ1) is 14.2. The quantitative estimate of drug-likeness (QED) is 0.629. The standard InChI is InChI=1S/C18H13N3O3/c22-17-13-10-14(18(23)24)21(11-12-6-2-1-3-7-12)16(13)19-15-8-4-5-9-20(15)17/h1-10H,11H2,(H,23,24). The number of nitrogens with zero attached hydrogens (tertiary/aromatic N) is 3. The van der Waals surface area contributed by atoms with Gasteiger partial charge in [0, 0.05) is 12.7 Å². The molecule has 4 rings (SSSR count). The zero-order valence-electron chi connectivity index (χ0n) is 12.6. The first-order chi connectivity index (χ1) is 11.6. The summed E-state index contributed by atoms with van der Waals surface area (Å²) in [5.41, 5.74) is 1.58. The van der Waals surface area contributed by atoms with Gasteiger partial charge in [-0.05, 0) is 23.8 Å². The van der Waals surface area contributed by atoms with Crippen LogP contribution < -0.4 is 5.56 Å². The van der Waals surface area contributed by atoms with E-state index in [1.165, 1.54) is 10.5 Å². The Morgan fingerprint density at radius 1 is 1.08 bits per heavy atom. The molecule has 0 bridgehead atoms. The van der Waals surface area contributed by atoms with Crippen LogP contribution in [0.15, 0.2) is 65.6 Å². The van der Waals surface area contributed by atoms with Crippen molar-refractivity contribution in [2.45, 2.75) is 6.54 Å². The van der Waals surface area contributed by atoms with Crippen molar-refractivity contribution in [3.05, 3.63) is 82.4 Å². The Morgan fingerprint density at radius 2 is 1.83 bits per heavy atom. The van der Waals surface area contributed by atoms with Gasteiger partial charge in [-0.1, -0.05) is 36.4 Å². The number of aromatic nitrogens is 3. The highest BCUT2D eigenvalue weighted by Crippen LogP contribution is 2.18. The molecule has 0 saturated carbocycles. The number of hydrogen-bond acceptors (Lipinski definition) is 3. The minimum absolute atomic E-state index is 0.0503. The second-order valence-corrected chi connectivity index (χ2v) is 5.49. The van der Waals surface area contributed by atoms with Crippen LogP contribution in [-0.2, 0) is 6.54 Å². The molecule has 118 valence electrons. The van der Waals surface area contributed by atoms with Gasteiger partial charge in [0.05, 0.1) is 5.39 Å². The molecule has 6 nitrogen and oxygen atoms in total. The fourth-order valence-electron chi connectivity index (χ4n) is 2.86. The van der Waals surface area contributed by atoms with E-state index in [-0.39, 0.29) is 11.3 Å². The molecule has 24 heavy (non-hydrogen) atoms. The SMILES string of the molecule is O=C(O)c1cc2c(=O)n3ccccc3nc2n1Cc1ccccc1. The average molecular weight is 319 g/mol. The van der Waals surface area contributed by atoms with Crippen LogP contribution in [-0.4, -0.2) is 25.0 Å². The van der Waals surface area contributed by atoms with Gasteiger partial charge >= 0.3 is 5.97 Å². The van der Waals surface area contributed by atoms with Crippen molar-refractivity contribution < 1.29 is 9.90 Å². The molecule has 1 aromatic carbocycles. The highest BCUT2D eigenvalue weighted by molar-refractivity contribution is 5.93. The highest BCUT2D eigenvalue weighted by Gasteiger charge is 2.19. The maximum absolute atomic E-state index is 12.6. The molecular weight excluding hydrogens is 306 g/mol. The third-order valence-electron chi connectivity index (χ3n) is 3.98. The molecule has 0 radical (unpaired) electrons. The largest absolute Gasteiger partial charge is 0.477 e. The van der Waals surface area contributed by atoms with E-state index < -0.39 is 5.97 Å². The molecule has 0 fully saturated rings. The molecule has 0 atom stereocenters. The number of pyridine rings is 1. The van der Waals surface area contributed by atoms with E-state index >= 15 is 0 Å². The average Bonchev–Trinajstić information content (AvgIpc) is 2.95. The van der Waals surface area contributed by atoms with Crippen molar-refractivity contribution in [2.24, 2.45) is 0 Å². The van der Waals surface area contributed by atoms with E-state index in [0.717, 1.165) is 5.56 Å². The summed E-state index contributed by atoms with van der Waals surface area (Å²) in [6, 6.07) is 16.1. The summed E-state index contributed by atoms with van der Waals surface area (Å²) in [5.74, 6) is -1.09. The lowest BCUT2D eigenvalue weighted by molar-refractivity contribution is 0.0686. The number of benzene rings is 1. The number of rotatable bonds is 3. The predicted octanol–water partition coefficient (Wildman–Crippen LogP) is 2.40. The van der Waals surface area contributed by atoms with Crippen molar-refractivity contribution in [1.29, 1.82) is 0 Å². The Bertz CT molecular complexity index is 1130. The van der Waals surface area contributed by atoms with Crippen molar-refractivity contribution in [2.75, 3.05) is 0 Å². The minimum Gasteiger partial charge on any atom is -0.477 e. The third kappa shape index (κ3) is 2.16. The second-order valence-electron chi connectivity index (χ2n) is 5.49. The van der Waals surface area contributed by atoms with E-state index in [1.54, 1.807) is 29.0 Å². The monoisotopic (exact) mass is 319 g/mol. The van der Waals surface area contributed by atoms with Gasteiger partial charge in [0.15, 0.2) is 0 Å². The predicted molar refractivity (Wildman–Crippen MR) is 89.5 cm³/mol. The van der Waals surface area contributed by atoms with Crippen molar-refractivity contribution >= 4 is 22.6 Å². The topological polar surface area (TPSA) is 76.6 Å². The summed E-state index contributed by atoms with van der Waals surface area (Å²) < 4.78 is 2.99. The first-order valence-corrected chi connectivity index (χ1v) is 7.43. The molecule has 6 heteroatoms. The van der Waals surface area contributed by atoms with Crippen LogP contribution in [0.2, 0.25) is 0 Å². The Hall–Kier alpha value is -3.41. The van der Waals surface area contributed by atoms with Gasteiger partial charge < -0.3 is 9.67 Å². The molecular formula is C18H13N3O3. The molecule has 0 amide bonds. The third-order valence-corrected chi connectivity index (χ3v) is 3.98. The van der Waals surface area contributed by atoms with Gasteiger partial charge in [0.25, 0.3) is 5.56 Å². The second kappa shape index (κ2) is 5.34. The van der Waals surface area contributed by atoms with Gasteiger partial charge in [-0.25, -0.2) is 9.78 Å². The van der Waals surface area contributed by atoms with Gasteiger partial charge in [0.2, 0.25) is 0 Å². The number of fused-ring (bicyclic) bond motifs is 2. The Labute approximate surface area is 136 Å². The molecule has 3 heterocycles. The number of aromatic carboxylic acids is 1. The Balaban J connectivity index is 2.04. The molecule has 0 aliphatic heterocycles. The van der Waals surface area contributed by atoms with Gasteiger partial charge in [-0.15, -0.1) is 0 Å². The maximum Gasteiger partial charge on any atom is 0.352 e. The Kier molecular flexibility index (Phi) is 3.16. The van der Waals surface area contributed by atoms with Gasteiger partial charge in [-0.2, -0.15) is 0 Å². The van der Waals surface area contributed by atoms with Crippen LogP contribution in [0.5, 0.6) is 0 Å². The van der Waals surface area contributed by atoms with E-state index in [4.69, 9.17) is 0 Å². The van der Waals surface area contributed by atoms with Crippen LogP contribution >= 0.6 is 0 Å². The minimum atomic E-state index is -1.09. The zero-order valence-corrected chi connectivity index (χ0v) is 12.6. The van der Waals surface area contributed by atoms with Crippen LogP contribution in [0.3, 0.4) is 0 Å². The Morgan fingerprint density at radius 3 is 2.58 bits per heavy atom. The van der Waals surface area contributed by atoms with Crippen LogP contribution in [0.4, 0.5) is 0 Å². The summed E-state index contributed by atoms with van der Waals surface area (Å²) >= 11 is 0. The lowest BCUT2D eigenvalue weighted by atomic mass is 10.2. The van der Waals surface area contributed by atoms with E-state index in [0.29, 0.717) is 23.2 Å². The van der Waals surface area contributed by atoms with E-state index in [1.807, 2.05) is 30.3 Å². The number of carbonyl (C=O) groups is 1. The molecule has 0 aliphatic rings. The lowest BCUT2D eigenvalue weighted by Crippen LogP contribution is -2.15. The fourth-order valence-corrected chi connectivity index (χ4v) is 2.86. The summed E-state index contributed by atoms with van der Waals surface area (Å²) in [6.07, 6.45) is 1.62. The van der Waals surface area contributed by atoms with E-state index in [9.17, 15) is 14.7 Å². The molecule has 0 saturated heterocycles. The summed E-state index contributed by atoms with van der Waals surface area (Å²) in [7, 11) is 0. The van der Waals surface area contributed by atoms with Gasteiger partial charge in [0.1, 0.15) is 17.0 Å².